The Morgan fingerprint density at radius 2 is 1.43 bits per heavy atom. The lowest BCUT2D eigenvalue weighted by molar-refractivity contribution is -0.161. The maximum absolute atomic E-state index is 12.8. The van der Waals surface area contributed by atoms with E-state index < -0.39 is 89.8 Å². The molecule has 0 spiro atoms. The molecule has 1 aliphatic heterocycles. The number of aromatic nitrogens is 2. The van der Waals surface area contributed by atoms with E-state index in [0.29, 0.717) is 31.6 Å². The van der Waals surface area contributed by atoms with Crippen molar-refractivity contribution in [1.82, 2.24) is 9.55 Å². The van der Waals surface area contributed by atoms with Crippen molar-refractivity contribution in [2.45, 2.75) is 167 Å². The maximum atomic E-state index is 12.8. The summed E-state index contributed by atoms with van der Waals surface area (Å²) in [6, 6.07) is 1.24. The number of nitrogen functional groups attached to an aromatic ring is 1. The Bertz CT molecular complexity index is 1970. The second-order valence-corrected chi connectivity index (χ2v) is 20.0. The van der Waals surface area contributed by atoms with Gasteiger partial charge in [-0.25, -0.2) is 13.9 Å². The Kier molecular flexibility index (Phi) is 31.3. The summed E-state index contributed by atoms with van der Waals surface area (Å²) >= 11 is 0. The van der Waals surface area contributed by atoms with Crippen LogP contribution < -0.4 is 11.4 Å². The zero-order valence-corrected chi connectivity index (χ0v) is 42.1. The number of rotatable bonds is 37. The Balaban J connectivity index is 1.86. The highest BCUT2D eigenvalue weighted by Crippen LogP contribution is 2.60. The predicted molar refractivity (Wildman–Crippen MR) is 262 cm³/mol. The number of ether oxygens (including phenoxy) is 3. The third-order valence-electron chi connectivity index (χ3n) is 10.3. The van der Waals surface area contributed by atoms with E-state index in [4.69, 9.17) is 29.0 Å². The molecule has 69 heavy (non-hydrogen) atoms. The number of allylic oxidation sites excluding steroid dienone is 10. The van der Waals surface area contributed by atoms with E-state index in [1.165, 1.54) is 31.7 Å². The first kappa shape index (κ1) is 61.3. The van der Waals surface area contributed by atoms with Crippen LogP contribution in [0.1, 0.15) is 136 Å². The Hall–Kier alpha value is -3.84. The second-order valence-electron chi connectivity index (χ2n) is 16.9. The summed E-state index contributed by atoms with van der Waals surface area (Å²) in [7, 11) is -10.9. The summed E-state index contributed by atoms with van der Waals surface area (Å²) in [5, 5.41) is 30.7. The third-order valence-corrected chi connectivity index (χ3v) is 12.9. The van der Waals surface area contributed by atoms with Crippen molar-refractivity contribution in [3.63, 3.8) is 0 Å². The molecule has 21 heteroatoms. The Morgan fingerprint density at radius 1 is 0.812 bits per heavy atom. The highest BCUT2D eigenvalue weighted by molar-refractivity contribution is 7.61. The summed E-state index contributed by atoms with van der Waals surface area (Å²) in [5.74, 6) is -0.721. The van der Waals surface area contributed by atoms with Gasteiger partial charge in [-0.3, -0.25) is 23.2 Å². The minimum atomic E-state index is -5.45. The molecule has 1 aromatic heterocycles. The number of phosphoric acid groups is 2. The lowest BCUT2D eigenvalue weighted by Gasteiger charge is -2.21. The minimum absolute atomic E-state index is 0.0935. The van der Waals surface area contributed by atoms with Crippen LogP contribution in [0, 0.1) is 5.92 Å². The first-order valence-electron chi connectivity index (χ1n) is 23.9. The lowest BCUT2D eigenvalue weighted by Crippen LogP contribution is -2.36. The maximum Gasteiger partial charge on any atom is 0.481 e. The molecule has 2 rings (SSSR count). The molecule has 1 saturated heterocycles. The molecule has 0 amide bonds. The molecule has 7 N–H and O–H groups in total. The van der Waals surface area contributed by atoms with E-state index in [2.05, 4.69) is 23.1 Å². The van der Waals surface area contributed by atoms with Gasteiger partial charge in [0.2, 0.25) is 0 Å². The van der Waals surface area contributed by atoms with Gasteiger partial charge in [0.15, 0.2) is 12.3 Å². The highest BCUT2D eigenvalue weighted by Gasteiger charge is 2.46. The predicted octanol–water partition coefficient (Wildman–Crippen LogP) is 8.16. The van der Waals surface area contributed by atoms with Crippen molar-refractivity contribution >= 4 is 33.4 Å². The van der Waals surface area contributed by atoms with Gasteiger partial charge in [0.05, 0.1) is 19.3 Å². The molecular formula is C48H77N3O16P2. The average Bonchev–Trinajstić information content (AvgIpc) is 3.56. The van der Waals surface area contributed by atoms with Gasteiger partial charge >= 0.3 is 33.3 Å². The first-order valence-corrected chi connectivity index (χ1v) is 26.9. The number of carbonyl (C=O) groups excluding carboxylic acids is 2. The van der Waals surface area contributed by atoms with Crippen LogP contribution >= 0.6 is 15.6 Å². The van der Waals surface area contributed by atoms with Crippen molar-refractivity contribution in [3.8, 4) is 0 Å². The van der Waals surface area contributed by atoms with Crippen LogP contribution in [0.25, 0.3) is 0 Å². The molecule has 1 aromatic rings. The molecule has 0 saturated carbocycles. The van der Waals surface area contributed by atoms with Gasteiger partial charge in [-0.15, -0.1) is 0 Å². The van der Waals surface area contributed by atoms with Gasteiger partial charge in [0.1, 0.15) is 30.7 Å². The average molecular weight is 1010 g/mol. The number of anilines is 1. The smallest absolute Gasteiger partial charge is 0.462 e. The fraction of sp³-hybridized carbons (Fsp3) is 0.625. The van der Waals surface area contributed by atoms with E-state index in [0.717, 1.165) is 55.7 Å². The summed E-state index contributed by atoms with van der Waals surface area (Å²) in [5.41, 5.74) is 4.57. The second kappa shape index (κ2) is 35.3. The van der Waals surface area contributed by atoms with Crippen molar-refractivity contribution < 1.29 is 71.4 Å². The molecule has 1 aliphatic rings. The van der Waals surface area contributed by atoms with Crippen LogP contribution in [0.4, 0.5) is 5.82 Å². The number of phosphoric ester groups is 2. The number of nitrogens with zero attached hydrogens (tertiary/aromatic N) is 2. The fourth-order valence-corrected chi connectivity index (χ4v) is 8.72. The molecular weight excluding hydrogens is 936 g/mol. The molecule has 0 radical (unpaired) electrons. The summed E-state index contributed by atoms with van der Waals surface area (Å²) in [6.45, 7) is 4.09. The summed E-state index contributed by atoms with van der Waals surface area (Å²) in [4.78, 5) is 61.7. The Labute approximate surface area is 407 Å². The molecule has 8 atom stereocenters. The number of esters is 2. The van der Waals surface area contributed by atoms with E-state index in [1.54, 1.807) is 12.2 Å². The van der Waals surface area contributed by atoms with Gasteiger partial charge in [-0.05, 0) is 56.9 Å². The van der Waals surface area contributed by atoms with Crippen molar-refractivity contribution in [2.24, 2.45) is 5.92 Å². The van der Waals surface area contributed by atoms with Crippen molar-refractivity contribution in [2.75, 3.05) is 25.6 Å². The molecule has 1 fully saturated rings. The minimum Gasteiger partial charge on any atom is -0.462 e. The topological polar surface area (TPSA) is 286 Å². The zero-order valence-electron chi connectivity index (χ0n) is 40.4. The monoisotopic (exact) mass is 1010 g/mol. The van der Waals surface area contributed by atoms with Crippen LogP contribution in [-0.4, -0.2) is 96.9 Å². The molecule has 3 unspecified atom stereocenters. The molecule has 2 heterocycles. The first-order chi connectivity index (χ1) is 32.9. The van der Waals surface area contributed by atoms with Crippen molar-refractivity contribution in [1.29, 1.82) is 0 Å². The highest BCUT2D eigenvalue weighted by atomic mass is 31.3. The number of aliphatic hydroxyl groups excluding tert-OH is 3. The van der Waals surface area contributed by atoms with Gasteiger partial charge in [-0.2, -0.15) is 9.29 Å². The quantitative estimate of drug-likeness (QED) is 0.0120. The summed E-state index contributed by atoms with van der Waals surface area (Å²) < 4.78 is 56.5. The van der Waals surface area contributed by atoms with E-state index in [1.807, 2.05) is 67.7 Å². The van der Waals surface area contributed by atoms with Crippen LogP contribution in [0.15, 0.2) is 90.0 Å². The van der Waals surface area contributed by atoms with E-state index in [-0.39, 0.29) is 18.7 Å². The molecule has 0 bridgehead atoms. The number of aliphatic hydroxyl groups is 3. The zero-order chi connectivity index (χ0) is 50.9. The number of nitrogens with two attached hydrogens (primary N) is 1. The molecule has 19 nitrogen and oxygen atoms in total. The largest absolute Gasteiger partial charge is 0.481 e. The number of hydrogen-bond acceptors (Lipinski definition) is 16. The molecule has 390 valence electrons. The number of unbranched alkanes of at least 4 members (excludes halogenated alkanes) is 7. The number of hydrogen-bond donors (Lipinski definition) is 6. The summed E-state index contributed by atoms with van der Waals surface area (Å²) in [6.07, 6.45) is 29.4. The molecule has 0 aliphatic carbocycles. The fourth-order valence-electron chi connectivity index (χ4n) is 6.61. The standard InChI is InChI=1S/C48H77N3O16P2/c1-4-5-23-29-39(52)30-25-20-16-11-9-7-6-8-10-12-18-22-27-32-44(54)65-40(35-62-43(53)31-26-21-17-14-13-15-19-24-28-38(2)3)36-63-68(58,59)67-69(60,61)64-37-41-45(55)46(56)47(66-41)51-34-33-42(49)50-48(51)57/h5,7-10,16,18,20,22-23,25,30,33-34,38-41,45-47,52,55-56H,4,6,11-15,17,19,21,24,26-29,31-32,35-37H2,1-3H3,(H,58,59)(H,60,61)(H2,49,50,57)/b9-7-,10-8-,20-16+,22-18-,23-5-,30-25+/t39?,40-,41-,45-,46-,47-/m1/s1. The third kappa shape index (κ3) is 29.2. The van der Waals surface area contributed by atoms with Crippen LogP contribution in [0.2, 0.25) is 0 Å². The van der Waals surface area contributed by atoms with Gasteiger partial charge in [-0.1, -0.05) is 145 Å². The van der Waals surface area contributed by atoms with Crippen LogP contribution in [-0.2, 0) is 46.3 Å². The number of carbonyl (C=O) groups is 2. The van der Waals surface area contributed by atoms with Gasteiger partial charge in [0, 0.05) is 19.0 Å². The van der Waals surface area contributed by atoms with E-state index in [9.17, 15) is 48.6 Å². The van der Waals surface area contributed by atoms with Crippen LogP contribution in [0.3, 0.4) is 0 Å². The normalized spacial score (nSPS) is 20.5. The lowest BCUT2D eigenvalue weighted by atomic mass is 10.0. The Morgan fingerprint density at radius 3 is 2.09 bits per heavy atom. The van der Waals surface area contributed by atoms with Gasteiger partial charge < -0.3 is 45.1 Å². The van der Waals surface area contributed by atoms with Crippen molar-refractivity contribution in [3.05, 3.63) is 95.7 Å². The van der Waals surface area contributed by atoms with Crippen LogP contribution in [0.5, 0.6) is 0 Å². The molecule has 0 aromatic carbocycles. The van der Waals surface area contributed by atoms with Gasteiger partial charge in [0.25, 0.3) is 0 Å². The SMILES string of the molecule is CC/C=C\CC(O)/C=C/C=C/C/C=C\C/C=C\C/C=C\CCC(=O)O[C@H](COC(=O)CCCCCCCCCCC(C)C)COP(=O)(O)OP(=O)(O)OC[C@H]1O[C@@H](n2ccc(N)nc2=O)[C@H](O)[C@@H]1O. The van der Waals surface area contributed by atoms with E-state index >= 15 is 0 Å².